The van der Waals surface area contributed by atoms with E-state index in [0.29, 0.717) is 6.54 Å². The van der Waals surface area contributed by atoms with Crippen LogP contribution in [0, 0.1) is 0 Å². The zero-order valence-electron chi connectivity index (χ0n) is 11.0. The molecule has 0 unspecified atom stereocenters. The van der Waals surface area contributed by atoms with Crippen molar-refractivity contribution >= 4 is 5.97 Å². The van der Waals surface area contributed by atoms with Crippen LogP contribution in [0.4, 0.5) is 0 Å². The summed E-state index contributed by atoms with van der Waals surface area (Å²) >= 11 is 0. The third kappa shape index (κ3) is 4.12. The molecule has 0 bridgehead atoms. The summed E-state index contributed by atoms with van der Waals surface area (Å²) in [6.07, 6.45) is 1.52. The Morgan fingerprint density at radius 1 is 1.39 bits per heavy atom. The lowest BCUT2D eigenvalue weighted by atomic mass is 10.4. The monoisotopic (exact) mass is 255 g/mol. The molecule has 1 aromatic heterocycles. The van der Waals surface area contributed by atoms with Gasteiger partial charge in [0.05, 0.1) is 19.8 Å². The summed E-state index contributed by atoms with van der Waals surface area (Å²) in [4.78, 5) is 13.1. The molecule has 2 heterocycles. The van der Waals surface area contributed by atoms with Gasteiger partial charge in [0.2, 0.25) is 0 Å². The molecule has 6 nitrogen and oxygen atoms in total. The van der Waals surface area contributed by atoms with Gasteiger partial charge in [-0.3, -0.25) is 9.58 Å². The van der Waals surface area contributed by atoms with Crippen molar-refractivity contribution in [2.45, 2.75) is 20.4 Å². The summed E-state index contributed by atoms with van der Waals surface area (Å²) < 4.78 is 6.77. The number of carbonyl (C=O) groups is 1. The molecule has 1 saturated heterocycles. The first-order chi connectivity index (χ1) is 8.77. The maximum absolute atomic E-state index is 10.8. The molecule has 6 heteroatoms. The van der Waals surface area contributed by atoms with Gasteiger partial charge in [-0.05, 0) is 6.07 Å². The van der Waals surface area contributed by atoms with Crippen LogP contribution in [0.2, 0.25) is 0 Å². The third-order valence-corrected chi connectivity index (χ3v) is 2.67. The van der Waals surface area contributed by atoms with Crippen LogP contribution < -0.4 is 0 Å². The number of hydrogen-bond acceptors (Lipinski definition) is 4. The fraction of sp³-hybridized carbons (Fsp3) is 0.667. The van der Waals surface area contributed by atoms with E-state index < -0.39 is 5.97 Å². The Balaban J connectivity index is 0.000000771. The molecule has 1 aromatic rings. The van der Waals surface area contributed by atoms with Crippen molar-refractivity contribution in [3.05, 3.63) is 18.0 Å². The SMILES string of the molecule is CC.O=C(O)c1ccnn1CCN1CCOCC1. The van der Waals surface area contributed by atoms with Gasteiger partial charge >= 0.3 is 5.97 Å². The molecule has 0 spiro atoms. The van der Waals surface area contributed by atoms with Gasteiger partial charge in [-0.15, -0.1) is 0 Å². The highest BCUT2D eigenvalue weighted by molar-refractivity contribution is 5.85. The van der Waals surface area contributed by atoms with Gasteiger partial charge in [0.1, 0.15) is 5.69 Å². The molecule has 2 rings (SSSR count). The van der Waals surface area contributed by atoms with Gasteiger partial charge < -0.3 is 9.84 Å². The number of morpholine rings is 1. The van der Waals surface area contributed by atoms with Gasteiger partial charge in [0, 0.05) is 25.8 Å². The Kier molecular flexibility index (Phi) is 6.38. The first-order valence-corrected chi connectivity index (χ1v) is 6.32. The van der Waals surface area contributed by atoms with E-state index in [1.54, 1.807) is 0 Å². The molecule has 18 heavy (non-hydrogen) atoms. The van der Waals surface area contributed by atoms with Crippen LogP contribution in [0.5, 0.6) is 0 Å². The van der Waals surface area contributed by atoms with Gasteiger partial charge in [-0.1, -0.05) is 13.8 Å². The second-order valence-corrected chi connectivity index (χ2v) is 3.70. The standard InChI is InChI=1S/C10H15N3O3.C2H6/c14-10(15)9-1-2-11-13(9)4-3-12-5-7-16-8-6-12;1-2/h1-2H,3-8H2,(H,14,15);1-2H3. The molecule has 102 valence electrons. The van der Waals surface area contributed by atoms with Gasteiger partial charge in [0.15, 0.2) is 0 Å². The summed E-state index contributed by atoms with van der Waals surface area (Å²) in [5.41, 5.74) is 0.244. The zero-order chi connectivity index (χ0) is 13.4. The minimum atomic E-state index is -0.931. The van der Waals surface area contributed by atoms with Crippen LogP contribution in [0.1, 0.15) is 24.3 Å². The molecule has 0 atom stereocenters. The van der Waals surface area contributed by atoms with E-state index in [9.17, 15) is 4.79 Å². The number of nitrogens with zero attached hydrogens (tertiary/aromatic N) is 3. The lowest BCUT2D eigenvalue weighted by Crippen LogP contribution is -2.38. The van der Waals surface area contributed by atoms with E-state index >= 15 is 0 Å². The Bertz CT molecular complexity index is 359. The number of carboxylic acid groups (broad SMARTS) is 1. The van der Waals surface area contributed by atoms with Gasteiger partial charge in [-0.2, -0.15) is 5.10 Å². The normalized spacial score (nSPS) is 15.9. The molecule has 1 fully saturated rings. The number of aromatic nitrogens is 2. The lowest BCUT2D eigenvalue weighted by Gasteiger charge is -2.26. The van der Waals surface area contributed by atoms with E-state index in [4.69, 9.17) is 9.84 Å². The van der Waals surface area contributed by atoms with Crippen molar-refractivity contribution in [1.29, 1.82) is 0 Å². The van der Waals surface area contributed by atoms with E-state index in [2.05, 4.69) is 10.00 Å². The van der Waals surface area contributed by atoms with Crippen molar-refractivity contribution < 1.29 is 14.6 Å². The molecular formula is C12H21N3O3. The number of carboxylic acids is 1. The first kappa shape index (κ1) is 14.7. The minimum Gasteiger partial charge on any atom is -0.477 e. The topological polar surface area (TPSA) is 67.6 Å². The number of ether oxygens (including phenoxy) is 1. The molecule has 1 N–H and O–H groups in total. The van der Waals surface area contributed by atoms with Crippen molar-refractivity contribution in [2.24, 2.45) is 0 Å². The Labute approximate surface area is 107 Å². The summed E-state index contributed by atoms with van der Waals surface area (Å²) in [5.74, 6) is -0.931. The van der Waals surface area contributed by atoms with Gasteiger partial charge in [0.25, 0.3) is 0 Å². The van der Waals surface area contributed by atoms with Crippen molar-refractivity contribution in [1.82, 2.24) is 14.7 Å². The third-order valence-electron chi connectivity index (χ3n) is 2.67. The average Bonchev–Trinajstić information content (AvgIpc) is 2.88. The van der Waals surface area contributed by atoms with Crippen LogP contribution in [-0.2, 0) is 11.3 Å². The Morgan fingerprint density at radius 3 is 2.67 bits per heavy atom. The Hall–Kier alpha value is -1.40. The first-order valence-electron chi connectivity index (χ1n) is 6.32. The van der Waals surface area contributed by atoms with Crippen molar-refractivity contribution in [3.8, 4) is 0 Å². The maximum atomic E-state index is 10.8. The predicted molar refractivity (Wildman–Crippen MR) is 67.8 cm³/mol. The number of aromatic carboxylic acids is 1. The molecular weight excluding hydrogens is 234 g/mol. The second kappa shape index (κ2) is 7.84. The molecule has 0 aromatic carbocycles. The maximum Gasteiger partial charge on any atom is 0.354 e. The van der Waals surface area contributed by atoms with Crippen LogP contribution in [-0.4, -0.2) is 58.6 Å². The summed E-state index contributed by atoms with van der Waals surface area (Å²) in [6.45, 7) is 8.74. The highest BCUT2D eigenvalue weighted by atomic mass is 16.5. The quantitative estimate of drug-likeness (QED) is 0.867. The molecule has 0 amide bonds. The molecule has 1 aliphatic heterocycles. The molecule has 0 aliphatic carbocycles. The number of hydrogen-bond donors (Lipinski definition) is 1. The molecule has 0 radical (unpaired) electrons. The summed E-state index contributed by atoms with van der Waals surface area (Å²) in [6, 6.07) is 1.52. The van der Waals surface area contributed by atoms with Crippen molar-refractivity contribution in [2.75, 3.05) is 32.8 Å². The Morgan fingerprint density at radius 2 is 2.06 bits per heavy atom. The number of rotatable bonds is 4. The molecule has 1 aliphatic rings. The minimum absolute atomic E-state index is 0.244. The average molecular weight is 255 g/mol. The van der Waals surface area contributed by atoms with Crippen LogP contribution >= 0.6 is 0 Å². The van der Waals surface area contributed by atoms with Crippen LogP contribution in [0.25, 0.3) is 0 Å². The van der Waals surface area contributed by atoms with E-state index in [1.807, 2.05) is 13.8 Å². The van der Waals surface area contributed by atoms with E-state index in [0.717, 1.165) is 32.8 Å². The molecule has 0 saturated carbocycles. The zero-order valence-corrected chi connectivity index (χ0v) is 11.0. The fourth-order valence-electron chi connectivity index (χ4n) is 1.75. The largest absolute Gasteiger partial charge is 0.477 e. The smallest absolute Gasteiger partial charge is 0.354 e. The predicted octanol–water partition coefficient (Wildman–Crippen LogP) is 0.940. The van der Waals surface area contributed by atoms with Crippen LogP contribution in [0.3, 0.4) is 0 Å². The van der Waals surface area contributed by atoms with E-state index in [-0.39, 0.29) is 5.69 Å². The summed E-state index contributed by atoms with van der Waals surface area (Å²) in [7, 11) is 0. The highest BCUT2D eigenvalue weighted by Crippen LogP contribution is 2.01. The van der Waals surface area contributed by atoms with E-state index in [1.165, 1.54) is 16.9 Å². The fourth-order valence-corrected chi connectivity index (χ4v) is 1.75. The van der Waals surface area contributed by atoms with Crippen LogP contribution in [0.15, 0.2) is 12.3 Å². The lowest BCUT2D eigenvalue weighted by molar-refractivity contribution is 0.0356. The second-order valence-electron chi connectivity index (χ2n) is 3.70. The summed E-state index contributed by atoms with van der Waals surface area (Å²) in [5, 5.41) is 12.9. The van der Waals surface area contributed by atoms with Gasteiger partial charge in [-0.25, -0.2) is 4.79 Å². The highest BCUT2D eigenvalue weighted by Gasteiger charge is 2.13. The van der Waals surface area contributed by atoms with Crippen molar-refractivity contribution in [3.63, 3.8) is 0 Å².